The first-order valence-corrected chi connectivity index (χ1v) is 5.61. The normalized spacial score (nSPS) is 10.6. The molecule has 0 unspecified atom stereocenters. The minimum Gasteiger partial charge on any atom is -0.376 e. The molecular formula is C12H17N3S. The standard InChI is InChI=1S/C12H17N3S/c1-14-9-3-2-4-10-5-7-11(8-6-10)15-12(13)16/h2,4-8,14H,3,9H2,1H3,(H3,13,15,16). The summed E-state index contributed by atoms with van der Waals surface area (Å²) >= 11 is 4.76. The monoisotopic (exact) mass is 235 g/mol. The highest BCUT2D eigenvalue weighted by atomic mass is 32.1. The summed E-state index contributed by atoms with van der Waals surface area (Å²) < 4.78 is 0. The summed E-state index contributed by atoms with van der Waals surface area (Å²) in [6, 6.07) is 7.96. The molecule has 0 saturated carbocycles. The number of nitrogens with one attached hydrogen (secondary N) is 2. The maximum Gasteiger partial charge on any atom is 0.168 e. The molecule has 1 aromatic carbocycles. The lowest BCUT2D eigenvalue weighted by atomic mass is 10.2. The first kappa shape index (κ1) is 12.7. The Balaban J connectivity index is 2.50. The fourth-order valence-corrected chi connectivity index (χ4v) is 1.38. The van der Waals surface area contributed by atoms with Crippen molar-refractivity contribution in [2.75, 3.05) is 18.9 Å². The molecule has 4 N–H and O–H groups in total. The Morgan fingerprint density at radius 1 is 1.38 bits per heavy atom. The number of hydrogen-bond acceptors (Lipinski definition) is 2. The number of thiocarbonyl (C=S) groups is 1. The van der Waals surface area contributed by atoms with Gasteiger partial charge in [-0.2, -0.15) is 0 Å². The zero-order valence-corrected chi connectivity index (χ0v) is 10.2. The highest BCUT2D eigenvalue weighted by molar-refractivity contribution is 7.80. The first-order chi connectivity index (χ1) is 7.72. The molecule has 0 saturated heterocycles. The van der Waals surface area contributed by atoms with E-state index in [1.807, 2.05) is 31.3 Å². The van der Waals surface area contributed by atoms with Crippen LogP contribution in [0, 0.1) is 0 Å². The summed E-state index contributed by atoms with van der Waals surface area (Å²) in [5.74, 6) is 0. The Morgan fingerprint density at radius 2 is 2.06 bits per heavy atom. The zero-order valence-electron chi connectivity index (χ0n) is 9.36. The van der Waals surface area contributed by atoms with Gasteiger partial charge in [0.1, 0.15) is 0 Å². The van der Waals surface area contributed by atoms with Gasteiger partial charge in [0, 0.05) is 5.69 Å². The molecular weight excluding hydrogens is 218 g/mol. The second-order valence-corrected chi connectivity index (χ2v) is 3.85. The topological polar surface area (TPSA) is 50.1 Å². The molecule has 1 aromatic rings. The van der Waals surface area contributed by atoms with Crippen LogP contribution in [0.5, 0.6) is 0 Å². The van der Waals surface area contributed by atoms with Crippen LogP contribution in [0.15, 0.2) is 30.3 Å². The van der Waals surface area contributed by atoms with Crippen LogP contribution in [0.4, 0.5) is 5.69 Å². The van der Waals surface area contributed by atoms with Gasteiger partial charge >= 0.3 is 0 Å². The van der Waals surface area contributed by atoms with E-state index in [4.69, 9.17) is 18.0 Å². The van der Waals surface area contributed by atoms with E-state index in [9.17, 15) is 0 Å². The average Bonchev–Trinajstić information content (AvgIpc) is 2.26. The van der Waals surface area contributed by atoms with Crippen LogP contribution < -0.4 is 16.4 Å². The van der Waals surface area contributed by atoms with Crippen molar-refractivity contribution in [2.24, 2.45) is 5.73 Å². The molecule has 3 nitrogen and oxygen atoms in total. The van der Waals surface area contributed by atoms with E-state index < -0.39 is 0 Å². The van der Waals surface area contributed by atoms with E-state index in [0.29, 0.717) is 0 Å². The van der Waals surface area contributed by atoms with Crippen molar-refractivity contribution in [1.82, 2.24) is 5.32 Å². The number of hydrogen-bond donors (Lipinski definition) is 3. The van der Waals surface area contributed by atoms with Crippen molar-refractivity contribution >= 4 is 29.1 Å². The summed E-state index contributed by atoms with van der Waals surface area (Å²) in [6.45, 7) is 0.998. The van der Waals surface area contributed by atoms with Gasteiger partial charge in [-0.3, -0.25) is 0 Å². The van der Waals surface area contributed by atoms with Gasteiger partial charge in [0.25, 0.3) is 0 Å². The Morgan fingerprint density at radius 3 is 2.62 bits per heavy atom. The zero-order chi connectivity index (χ0) is 11.8. The summed E-state index contributed by atoms with van der Waals surface area (Å²) in [4.78, 5) is 0. The third-order valence-corrected chi connectivity index (χ3v) is 2.15. The minimum atomic E-state index is 0.289. The molecule has 0 spiro atoms. The molecule has 0 aliphatic rings. The lowest BCUT2D eigenvalue weighted by Gasteiger charge is -2.03. The molecule has 0 amide bonds. The van der Waals surface area contributed by atoms with Gasteiger partial charge < -0.3 is 16.4 Å². The van der Waals surface area contributed by atoms with Gasteiger partial charge in [0.05, 0.1) is 0 Å². The van der Waals surface area contributed by atoms with Crippen molar-refractivity contribution in [1.29, 1.82) is 0 Å². The minimum absolute atomic E-state index is 0.289. The van der Waals surface area contributed by atoms with Crippen molar-refractivity contribution in [3.05, 3.63) is 35.9 Å². The van der Waals surface area contributed by atoms with Gasteiger partial charge in [0.2, 0.25) is 0 Å². The molecule has 0 fully saturated rings. The van der Waals surface area contributed by atoms with E-state index in [1.54, 1.807) is 0 Å². The fourth-order valence-electron chi connectivity index (χ4n) is 1.27. The van der Waals surface area contributed by atoms with E-state index in [2.05, 4.69) is 22.8 Å². The molecule has 0 atom stereocenters. The maximum absolute atomic E-state index is 5.38. The second kappa shape index (κ2) is 6.98. The predicted octanol–water partition coefficient (Wildman–Crippen LogP) is 1.96. The summed E-state index contributed by atoms with van der Waals surface area (Å²) in [7, 11) is 1.95. The van der Waals surface area contributed by atoms with Crippen LogP contribution >= 0.6 is 12.2 Å². The van der Waals surface area contributed by atoms with Crippen LogP contribution in [-0.4, -0.2) is 18.7 Å². The number of rotatable bonds is 5. The molecule has 0 bridgehead atoms. The SMILES string of the molecule is CNCCC=Cc1ccc(NC(N)=S)cc1. The molecule has 0 aliphatic carbocycles. The van der Waals surface area contributed by atoms with Crippen molar-refractivity contribution in [3.63, 3.8) is 0 Å². The summed E-state index contributed by atoms with van der Waals surface area (Å²) in [5, 5.41) is 6.27. The Bertz CT molecular complexity index is 357. The molecule has 0 aromatic heterocycles. The molecule has 1 rings (SSSR count). The van der Waals surface area contributed by atoms with E-state index in [-0.39, 0.29) is 5.11 Å². The van der Waals surface area contributed by atoms with Crippen LogP contribution in [0.3, 0.4) is 0 Å². The Kier molecular flexibility index (Phi) is 5.53. The van der Waals surface area contributed by atoms with Crippen LogP contribution in [0.1, 0.15) is 12.0 Å². The fraction of sp³-hybridized carbons (Fsp3) is 0.250. The van der Waals surface area contributed by atoms with Gasteiger partial charge in [-0.1, -0.05) is 24.3 Å². The van der Waals surface area contributed by atoms with Crippen molar-refractivity contribution in [3.8, 4) is 0 Å². The molecule has 0 radical (unpaired) electrons. The van der Waals surface area contributed by atoms with Gasteiger partial charge in [-0.05, 0) is 49.9 Å². The molecule has 4 heteroatoms. The highest BCUT2D eigenvalue weighted by Crippen LogP contribution is 2.10. The Labute approximate surface area is 102 Å². The lowest BCUT2D eigenvalue weighted by Crippen LogP contribution is -2.18. The van der Waals surface area contributed by atoms with E-state index >= 15 is 0 Å². The summed E-state index contributed by atoms with van der Waals surface area (Å²) in [5.41, 5.74) is 7.46. The van der Waals surface area contributed by atoms with Gasteiger partial charge in [-0.15, -0.1) is 0 Å². The molecule has 16 heavy (non-hydrogen) atoms. The summed E-state index contributed by atoms with van der Waals surface area (Å²) in [6.07, 6.45) is 5.28. The largest absolute Gasteiger partial charge is 0.376 e. The average molecular weight is 235 g/mol. The van der Waals surface area contributed by atoms with Crippen LogP contribution in [0.2, 0.25) is 0 Å². The molecule has 0 aliphatic heterocycles. The van der Waals surface area contributed by atoms with Crippen molar-refractivity contribution < 1.29 is 0 Å². The maximum atomic E-state index is 5.38. The van der Waals surface area contributed by atoms with Crippen LogP contribution in [0.25, 0.3) is 6.08 Å². The number of anilines is 1. The molecule has 86 valence electrons. The molecule has 0 heterocycles. The van der Waals surface area contributed by atoms with Gasteiger partial charge in [-0.25, -0.2) is 0 Å². The first-order valence-electron chi connectivity index (χ1n) is 5.20. The lowest BCUT2D eigenvalue weighted by molar-refractivity contribution is 0.809. The van der Waals surface area contributed by atoms with Crippen molar-refractivity contribution in [2.45, 2.75) is 6.42 Å². The smallest absolute Gasteiger partial charge is 0.168 e. The van der Waals surface area contributed by atoms with Crippen LogP contribution in [-0.2, 0) is 0 Å². The third kappa shape index (κ3) is 4.91. The van der Waals surface area contributed by atoms with E-state index in [0.717, 1.165) is 18.7 Å². The second-order valence-electron chi connectivity index (χ2n) is 3.41. The quantitative estimate of drug-likeness (QED) is 0.539. The number of benzene rings is 1. The predicted molar refractivity (Wildman–Crippen MR) is 74.4 cm³/mol. The third-order valence-electron chi connectivity index (χ3n) is 2.05. The highest BCUT2D eigenvalue weighted by Gasteiger charge is 1.92. The Hall–Kier alpha value is -1.39. The van der Waals surface area contributed by atoms with Gasteiger partial charge in [0.15, 0.2) is 5.11 Å². The number of nitrogens with two attached hydrogens (primary N) is 1. The van der Waals surface area contributed by atoms with E-state index in [1.165, 1.54) is 5.56 Å².